The van der Waals surface area contributed by atoms with E-state index in [4.69, 9.17) is 9.79 Å². The third-order valence-corrected chi connectivity index (χ3v) is 3.66. The fourth-order valence-corrected chi connectivity index (χ4v) is 2.23. The van der Waals surface area contributed by atoms with E-state index in [9.17, 15) is 4.57 Å². The summed E-state index contributed by atoms with van der Waals surface area (Å²) in [7, 11) is -3.82. The molecule has 0 spiro atoms. The van der Waals surface area contributed by atoms with Gasteiger partial charge in [0.15, 0.2) is 0 Å². The standard InChI is InChI=1S/C8H19O3P.Mg.2H/c1-3-5-6-7-8(4-2)12(9,10)11;;;/h8H,3-7H2,1-2H3,(H2,9,10,11);;;/q;+2;2*-1. The van der Waals surface area contributed by atoms with E-state index in [1.165, 1.54) is 0 Å². The van der Waals surface area contributed by atoms with Crippen LogP contribution in [0, 0.1) is 0 Å². The molecule has 2 N–H and O–H groups in total. The summed E-state index contributed by atoms with van der Waals surface area (Å²) in [5.41, 5.74) is -0.413. The van der Waals surface area contributed by atoms with E-state index in [0.29, 0.717) is 12.8 Å². The Hall–Kier alpha value is 0.916. The van der Waals surface area contributed by atoms with Crippen molar-refractivity contribution in [2.75, 3.05) is 0 Å². The second-order valence-corrected chi connectivity index (χ2v) is 5.06. The molecule has 0 saturated heterocycles. The van der Waals surface area contributed by atoms with Crippen molar-refractivity contribution in [3.63, 3.8) is 0 Å². The molecule has 1 atom stereocenters. The summed E-state index contributed by atoms with van der Waals surface area (Å²) >= 11 is 0. The fraction of sp³-hybridized carbons (Fsp3) is 1.00. The van der Waals surface area contributed by atoms with Crippen molar-refractivity contribution in [1.82, 2.24) is 0 Å². The maximum absolute atomic E-state index is 10.9. The molecule has 13 heavy (non-hydrogen) atoms. The minimum Gasteiger partial charge on any atom is -1.00 e. The molecule has 0 amide bonds. The molecule has 1 unspecified atom stereocenters. The predicted molar refractivity (Wildman–Crippen MR) is 58.2 cm³/mol. The number of hydrogen-bond donors (Lipinski definition) is 2. The average Bonchev–Trinajstić information content (AvgIpc) is 1.95. The Kier molecular flexibility index (Phi) is 10.4. The van der Waals surface area contributed by atoms with Gasteiger partial charge in [0.25, 0.3) is 0 Å². The van der Waals surface area contributed by atoms with Crippen LogP contribution in [0.25, 0.3) is 0 Å². The van der Waals surface area contributed by atoms with Crippen LogP contribution in [0.5, 0.6) is 0 Å². The van der Waals surface area contributed by atoms with E-state index in [0.717, 1.165) is 19.3 Å². The Morgan fingerprint density at radius 2 is 1.85 bits per heavy atom. The van der Waals surface area contributed by atoms with E-state index in [1.54, 1.807) is 0 Å². The molecule has 0 bridgehead atoms. The van der Waals surface area contributed by atoms with Gasteiger partial charge in [-0.2, -0.15) is 0 Å². The van der Waals surface area contributed by atoms with E-state index in [2.05, 4.69) is 6.92 Å². The molecule has 5 heteroatoms. The molecule has 0 saturated carbocycles. The van der Waals surface area contributed by atoms with Crippen molar-refractivity contribution in [3.8, 4) is 0 Å². The van der Waals surface area contributed by atoms with Crippen LogP contribution in [-0.4, -0.2) is 38.5 Å². The van der Waals surface area contributed by atoms with Gasteiger partial charge in [0.05, 0.1) is 5.66 Å². The van der Waals surface area contributed by atoms with Gasteiger partial charge in [-0.1, -0.05) is 33.1 Å². The van der Waals surface area contributed by atoms with Crippen LogP contribution in [-0.2, 0) is 4.57 Å². The topological polar surface area (TPSA) is 57.5 Å². The van der Waals surface area contributed by atoms with E-state index >= 15 is 0 Å². The summed E-state index contributed by atoms with van der Waals surface area (Å²) in [6.45, 7) is 3.91. The van der Waals surface area contributed by atoms with Crippen LogP contribution < -0.4 is 0 Å². The summed E-state index contributed by atoms with van der Waals surface area (Å²) in [5, 5.41) is 0. The van der Waals surface area contributed by atoms with Gasteiger partial charge in [0.2, 0.25) is 0 Å². The zero-order valence-corrected chi connectivity index (χ0v) is 10.9. The SMILES string of the molecule is CCCCCC(CC)P(=O)(O)O.[H-].[H-].[Mg+2]. The molecule has 0 rings (SSSR count). The summed E-state index contributed by atoms with van der Waals surface area (Å²) in [5.74, 6) is 0. The maximum atomic E-state index is 10.9. The Labute approximate surface area is 99.6 Å². The Balaban J connectivity index is -0.000000202. The second kappa shape index (κ2) is 8.24. The number of hydrogen-bond acceptors (Lipinski definition) is 1. The average molecular weight is 221 g/mol. The normalized spacial score (nSPS) is 13.5. The van der Waals surface area contributed by atoms with Gasteiger partial charge in [-0.25, -0.2) is 0 Å². The van der Waals surface area contributed by atoms with Crippen LogP contribution in [0.3, 0.4) is 0 Å². The van der Waals surface area contributed by atoms with E-state index < -0.39 is 13.3 Å². The zero-order valence-electron chi connectivity index (χ0n) is 10.6. The number of rotatable bonds is 6. The third kappa shape index (κ3) is 7.95. The smallest absolute Gasteiger partial charge is 1.00 e. The largest absolute Gasteiger partial charge is 2.00 e. The van der Waals surface area contributed by atoms with E-state index in [-0.39, 0.29) is 25.9 Å². The van der Waals surface area contributed by atoms with Gasteiger partial charge in [0, 0.05) is 0 Å². The first kappa shape index (κ1) is 16.3. The molecular formula is C8H21MgO3P. The zero-order chi connectivity index (χ0) is 9.61. The molecule has 3 nitrogen and oxygen atoms in total. The van der Waals surface area contributed by atoms with Crippen molar-refractivity contribution < 1.29 is 17.2 Å². The fourth-order valence-electron chi connectivity index (χ4n) is 1.24. The van der Waals surface area contributed by atoms with Crippen molar-refractivity contribution in [2.45, 2.75) is 51.6 Å². The Bertz CT molecular complexity index is 166. The van der Waals surface area contributed by atoms with Gasteiger partial charge in [-0.3, -0.25) is 4.57 Å². The molecule has 0 radical (unpaired) electrons. The van der Waals surface area contributed by atoms with Crippen LogP contribution in [0.2, 0.25) is 0 Å². The Morgan fingerprint density at radius 3 is 2.15 bits per heavy atom. The van der Waals surface area contributed by atoms with Crippen molar-refractivity contribution >= 4 is 30.6 Å². The van der Waals surface area contributed by atoms with Crippen LogP contribution in [0.15, 0.2) is 0 Å². The quantitative estimate of drug-likeness (QED) is 0.410. The van der Waals surface area contributed by atoms with E-state index in [1.807, 2.05) is 6.92 Å². The summed E-state index contributed by atoms with van der Waals surface area (Å²) in [4.78, 5) is 17.8. The summed E-state index contributed by atoms with van der Waals surface area (Å²) in [6, 6.07) is 0. The molecule has 0 aliphatic rings. The van der Waals surface area contributed by atoms with Crippen LogP contribution >= 0.6 is 7.60 Å². The molecule has 78 valence electrons. The van der Waals surface area contributed by atoms with Crippen LogP contribution in [0.4, 0.5) is 0 Å². The summed E-state index contributed by atoms with van der Waals surface area (Å²) < 4.78 is 10.9. The van der Waals surface area contributed by atoms with Crippen molar-refractivity contribution in [2.24, 2.45) is 0 Å². The van der Waals surface area contributed by atoms with Gasteiger partial charge in [0.1, 0.15) is 0 Å². The first-order chi connectivity index (χ1) is 5.52. The summed E-state index contributed by atoms with van der Waals surface area (Å²) in [6.07, 6.45) is 4.33. The van der Waals surface area contributed by atoms with Gasteiger partial charge in [-0.05, 0) is 12.8 Å². The molecule has 0 aromatic heterocycles. The minimum atomic E-state index is -3.82. The first-order valence-corrected chi connectivity index (χ1v) is 6.25. The third-order valence-electron chi connectivity index (χ3n) is 2.09. The maximum Gasteiger partial charge on any atom is 2.00 e. The predicted octanol–water partition coefficient (Wildman–Crippen LogP) is 2.37. The van der Waals surface area contributed by atoms with Gasteiger partial charge < -0.3 is 12.6 Å². The van der Waals surface area contributed by atoms with Gasteiger partial charge in [-0.15, -0.1) is 0 Å². The van der Waals surface area contributed by atoms with Crippen LogP contribution in [0.1, 0.15) is 48.8 Å². The minimum absolute atomic E-state index is 0. The molecule has 0 aromatic carbocycles. The molecule has 0 fully saturated rings. The first-order valence-electron chi connectivity index (χ1n) is 4.57. The Morgan fingerprint density at radius 1 is 1.31 bits per heavy atom. The molecule has 0 aliphatic carbocycles. The van der Waals surface area contributed by atoms with Crippen molar-refractivity contribution in [1.29, 1.82) is 0 Å². The molecule has 0 heterocycles. The number of unbranched alkanes of at least 4 members (excludes halogenated alkanes) is 2. The van der Waals surface area contributed by atoms with Crippen molar-refractivity contribution in [3.05, 3.63) is 0 Å². The monoisotopic (exact) mass is 220 g/mol. The molecule has 0 aliphatic heterocycles. The second-order valence-electron chi connectivity index (χ2n) is 3.15. The van der Waals surface area contributed by atoms with Gasteiger partial charge >= 0.3 is 30.6 Å². The molecular weight excluding hydrogens is 199 g/mol. The molecule has 0 aromatic rings.